The topological polar surface area (TPSA) is 210 Å². The van der Waals surface area contributed by atoms with Gasteiger partial charge in [0.25, 0.3) is 0 Å². The lowest BCUT2D eigenvalue weighted by Crippen LogP contribution is -2.64. The van der Waals surface area contributed by atoms with Gasteiger partial charge in [-0.3, -0.25) is 18.6 Å². The highest BCUT2D eigenvalue weighted by atomic mass is 31.2. The summed E-state index contributed by atoms with van der Waals surface area (Å²) in [6, 6.07) is 0. The first-order valence-electron chi connectivity index (χ1n) is 23.8. The Kier molecular flexibility index (Phi) is 34.4. The number of phosphoric ester groups is 1. The molecule has 0 amide bonds. The summed E-state index contributed by atoms with van der Waals surface area (Å²) in [5.41, 5.74) is 0. The quantitative estimate of drug-likeness (QED) is 0.0193. The van der Waals surface area contributed by atoms with Crippen LogP contribution in [0.4, 0.5) is 0 Å². The maximum absolute atomic E-state index is 12.8. The molecular weight excluding hydrogens is 779 g/mol. The molecule has 6 N–H and O–H groups in total. The van der Waals surface area contributed by atoms with Crippen LogP contribution in [-0.2, 0) is 32.7 Å². The van der Waals surface area contributed by atoms with E-state index in [9.17, 15) is 44.6 Å². The average Bonchev–Trinajstić information content (AvgIpc) is 3.21. The van der Waals surface area contributed by atoms with Gasteiger partial charge in [-0.1, -0.05) is 194 Å². The molecule has 0 aromatic rings. The molecule has 13 nitrogen and oxygen atoms in total. The average molecular weight is 867 g/mol. The fourth-order valence-corrected chi connectivity index (χ4v) is 8.56. The first-order chi connectivity index (χ1) is 28.4. The summed E-state index contributed by atoms with van der Waals surface area (Å²) in [4.78, 5) is 35.5. The number of hydrogen-bond acceptors (Lipinski definition) is 12. The van der Waals surface area contributed by atoms with Gasteiger partial charge in [-0.05, 0) is 12.8 Å². The summed E-state index contributed by atoms with van der Waals surface area (Å²) in [7, 11) is -5.10. The Morgan fingerprint density at radius 2 is 0.763 bits per heavy atom. The molecule has 1 fully saturated rings. The molecule has 0 aliphatic heterocycles. The van der Waals surface area contributed by atoms with Gasteiger partial charge < -0.3 is 39.9 Å². The number of esters is 2. The van der Waals surface area contributed by atoms with Crippen LogP contribution in [0.25, 0.3) is 0 Å². The second-order valence-electron chi connectivity index (χ2n) is 17.0. The lowest BCUT2D eigenvalue weighted by molar-refractivity contribution is -0.220. The largest absolute Gasteiger partial charge is 0.472 e. The van der Waals surface area contributed by atoms with Crippen molar-refractivity contribution in [1.82, 2.24) is 0 Å². The number of carbonyl (C=O) groups is 2. The monoisotopic (exact) mass is 867 g/mol. The molecule has 0 heterocycles. The van der Waals surface area contributed by atoms with Crippen LogP contribution in [0.2, 0.25) is 0 Å². The Morgan fingerprint density at radius 3 is 1.12 bits per heavy atom. The van der Waals surface area contributed by atoms with Crippen LogP contribution in [0.1, 0.15) is 219 Å². The van der Waals surface area contributed by atoms with Crippen molar-refractivity contribution >= 4 is 19.8 Å². The van der Waals surface area contributed by atoms with Gasteiger partial charge in [0.1, 0.15) is 43.2 Å². The number of phosphoric acid groups is 1. The molecule has 14 heteroatoms. The van der Waals surface area contributed by atoms with Crippen LogP contribution in [0.5, 0.6) is 0 Å². The molecule has 1 rings (SSSR count). The van der Waals surface area contributed by atoms with E-state index < -0.39 is 75.7 Å². The van der Waals surface area contributed by atoms with Gasteiger partial charge in [-0.25, -0.2) is 4.57 Å². The third-order valence-electron chi connectivity index (χ3n) is 11.4. The third-order valence-corrected chi connectivity index (χ3v) is 12.4. The second-order valence-corrected chi connectivity index (χ2v) is 18.4. The van der Waals surface area contributed by atoms with Gasteiger partial charge in [-0.2, -0.15) is 0 Å². The van der Waals surface area contributed by atoms with Crippen molar-refractivity contribution in [1.29, 1.82) is 0 Å². The zero-order chi connectivity index (χ0) is 43.6. The Bertz CT molecular complexity index is 1050. The van der Waals surface area contributed by atoms with Crippen LogP contribution >= 0.6 is 7.82 Å². The van der Waals surface area contributed by atoms with Crippen LogP contribution < -0.4 is 0 Å². The summed E-state index contributed by atoms with van der Waals surface area (Å²) in [5.74, 6) is -1.09. The SMILES string of the molecule is CCCCCCCCCCCCCCCCCCCCCCCCCC(=O)OC(COC(=O)CCCCCCCCC)COP(=O)(O)OC1C(O)C(O)C(O)C(O)C1O. The summed E-state index contributed by atoms with van der Waals surface area (Å²) < 4.78 is 33.4. The molecule has 350 valence electrons. The maximum Gasteiger partial charge on any atom is 0.472 e. The van der Waals surface area contributed by atoms with Crippen LogP contribution in [0.3, 0.4) is 0 Å². The fourth-order valence-electron chi connectivity index (χ4n) is 7.58. The van der Waals surface area contributed by atoms with E-state index in [1.54, 1.807) is 0 Å². The fraction of sp³-hybridized carbons (Fsp3) is 0.956. The number of unbranched alkanes of at least 4 members (excludes halogenated alkanes) is 28. The van der Waals surface area contributed by atoms with Gasteiger partial charge in [0.15, 0.2) is 6.10 Å². The molecule has 1 saturated carbocycles. The second kappa shape index (κ2) is 36.3. The third kappa shape index (κ3) is 29.0. The molecular formula is C45H87O13P. The van der Waals surface area contributed by atoms with E-state index in [-0.39, 0.29) is 12.8 Å². The number of aliphatic hydroxyl groups is 5. The van der Waals surface area contributed by atoms with E-state index in [4.69, 9.17) is 18.5 Å². The predicted molar refractivity (Wildman–Crippen MR) is 231 cm³/mol. The molecule has 1 aliphatic carbocycles. The van der Waals surface area contributed by atoms with E-state index in [0.717, 1.165) is 51.4 Å². The molecule has 0 aromatic heterocycles. The van der Waals surface area contributed by atoms with Gasteiger partial charge in [0.2, 0.25) is 0 Å². The van der Waals surface area contributed by atoms with Crippen molar-refractivity contribution in [2.24, 2.45) is 0 Å². The number of aliphatic hydroxyl groups excluding tert-OH is 5. The van der Waals surface area contributed by atoms with Crippen LogP contribution in [0, 0.1) is 0 Å². The smallest absolute Gasteiger partial charge is 0.462 e. The van der Waals surface area contributed by atoms with Gasteiger partial charge in [0, 0.05) is 12.8 Å². The summed E-state index contributed by atoms with van der Waals surface area (Å²) >= 11 is 0. The van der Waals surface area contributed by atoms with Crippen molar-refractivity contribution in [2.75, 3.05) is 13.2 Å². The minimum absolute atomic E-state index is 0.105. The predicted octanol–water partition coefficient (Wildman–Crippen LogP) is 9.28. The Balaban J connectivity index is 2.30. The Hall–Kier alpha value is -1.15. The maximum atomic E-state index is 12.8. The highest BCUT2D eigenvalue weighted by Crippen LogP contribution is 2.47. The van der Waals surface area contributed by atoms with Crippen molar-refractivity contribution in [3.63, 3.8) is 0 Å². The molecule has 0 radical (unpaired) electrons. The zero-order valence-corrected chi connectivity index (χ0v) is 38.0. The Morgan fingerprint density at radius 1 is 0.458 bits per heavy atom. The summed E-state index contributed by atoms with van der Waals surface area (Å²) in [6.07, 6.45) is 23.5. The minimum Gasteiger partial charge on any atom is -0.462 e. The van der Waals surface area contributed by atoms with Gasteiger partial charge in [0.05, 0.1) is 6.61 Å². The molecule has 0 aromatic carbocycles. The highest BCUT2D eigenvalue weighted by Gasteiger charge is 2.51. The molecule has 6 unspecified atom stereocenters. The summed E-state index contributed by atoms with van der Waals surface area (Å²) in [5, 5.41) is 50.0. The lowest BCUT2D eigenvalue weighted by Gasteiger charge is -2.41. The van der Waals surface area contributed by atoms with Crippen LogP contribution in [-0.4, -0.2) is 98.3 Å². The Labute approximate surface area is 357 Å². The molecule has 1 aliphatic rings. The van der Waals surface area contributed by atoms with E-state index >= 15 is 0 Å². The first-order valence-corrected chi connectivity index (χ1v) is 25.3. The number of ether oxygens (including phenoxy) is 2. The van der Waals surface area contributed by atoms with Crippen LogP contribution in [0.15, 0.2) is 0 Å². The minimum atomic E-state index is -5.10. The molecule has 6 atom stereocenters. The van der Waals surface area contributed by atoms with Crippen molar-refractivity contribution in [3.8, 4) is 0 Å². The highest BCUT2D eigenvalue weighted by molar-refractivity contribution is 7.47. The normalized spacial score (nSPS) is 22.2. The molecule has 0 spiro atoms. The number of hydrogen-bond donors (Lipinski definition) is 6. The van der Waals surface area contributed by atoms with E-state index in [2.05, 4.69) is 13.8 Å². The van der Waals surface area contributed by atoms with E-state index in [1.807, 2.05) is 0 Å². The van der Waals surface area contributed by atoms with E-state index in [1.165, 1.54) is 128 Å². The number of carbonyl (C=O) groups excluding carboxylic acids is 2. The standard InChI is InChI=1S/C45H87O13P/c1-3-5-7-9-11-12-13-14-15-16-17-18-19-20-21-22-23-24-25-26-28-30-32-34-39(47)57-37(35-55-38(46)33-31-29-27-10-8-6-4-2)36-56-59(53,54)58-45-43(51)41(49)40(48)42(50)44(45)52/h37,40-45,48-52H,3-36H2,1-2H3,(H,53,54). The van der Waals surface area contributed by atoms with E-state index in [0.29, 0.717) is 12.8 Å². The van der Waals surface area contributed by atoms with Gasteiger partial charge >= 0.3 is 19.8 Å². The lowest BCUT2D eigenvalue weighted by atomic mass is 9.85. The van der Waals surface area contributed by atoms with Crippen molar-refractivity contribution in [2.45, 2.75) is 262 Å². The molecule has 0 saturated heterocycles. The summed E-state index contributed by atoms with van der Waals surface area (Å²) in [6.45, 7) is 3.26. The van der Waals surface area contributed by atoms with Crippen molar-refractivity contribution < 1.29 is 63.1 Å². The first kappa shape index (κ1) is 55.9. The zero-order valence-electron chi connectivity index (χ0n) is 37.1. The van der Waals surface area contributed by atoms with Gasteiger partial charge in [-0.15, -0.1) is 0 Å². The molecule has 0 bridgehead atoms. The number of rotatable bonds is 40. The molecule has 59 heavy (non-hydrogen) atoms. The van der Waals surface area contributed by atoms with Crippen molar-refractivity contribution in [3.05, 3.63) is 0 Å².